The molecular weight excluding hydrogens is 441 g/mol. The van der Waals surface area contributed by atoms with Crippen molar-refractivity contribution in [2.75, 3.05) is 0 Å². The quantitative estimate of drug-likeness (QED) is 0.620. The van der Waals surface area contributed by atoms with Gasteiger partial charge in [0.05, 0.1) is 5.52 Å². The molecule has 2 nitrogen and oxygen atoms in total. The Bertz CT molecular complexity index is 654. The van der Waals surface area contributed by atoms with Crippen LogP contribution in [0.1, 0.15) is 5.82 Å². The van der Waals surface area contributed by atoms with Crippen molar-refractivity contribution < 1.29 is 30.7 Å². The molecule has 2 aromatic rings. The van der Waals surface area contributed by atoms with Gasteiger partial charge in [-0.05, 0) is 44.0 Å². The molecule has 0 aliphatic heterocycles. The first-order valence-electron chi connectivity index (χ1n) is 5.06. The summed E-state index contributed by atoms with van der Waals surface area (Å²) in [6.45, 7) is 0. The van der Waals surface area contributed by atoms with Gasteiger partial charge in [0.2, 0.25) is 0 Å². The largest absolute Gasteiger partial charge is 0.460 e. The summed E-state index contributed by atoms with van der Waals surface area (Å²) in [5, 5.41) is 0. The molecule has 116 valence electrons. The molecule has 0 fully saturated rings. The van der Waals surface area contributed by atoms with E-state index in [2.05, 4.69) is 36.8 Å². The van der Waals surface area contributed by atoms with Crippen molar-refractivity contribution in [2.24, 2.45) is 0 Å². The Labute approximate surface area is 129 Å². The van der Waals surface area contributed by atoms with Gasteiger partial charge in [-0.15, -0.1) is 0 Å². The van der Waals surface area contributed by atoms with Crippen LogP contribution in [-0.2, 0) is 5.92 Å². The molecule has 0 atom stereocenters. The van der Waals surface area contributed by atoms with E-state index in [9.17, 15) is 30.7 Å². The predicted molar refractivity (Wildman–Crippen MR) is 66.4 cm³/mol. The highest BCUT2D eigenvalue weighted by Crippen LogP contribution is 2.51. The minimum atomic E-state index is -6.41. The zero-order valence-corrected chi connectivity index (χ0v) is 12.7. The van der Waals surface area contributed by atoms with Crippen molar-refractivity contribution in [2.45, 2.75) is 18.0 Å². The number of hydrogen-bond donors (Lipinski definition) is 1. The molecule has 21 heavy (non-hydrogen) atoms. The highest BCUT2D eigenvalue weighted by atomic mass is 79.9. The van der Waals surface area contributed by atoms with Crippen LogP contribution in [0.4, 0.5) is 30.7 Å². The number of benzene rings is 1. The molecule has 1 aromatic carbocycles. The first-order valence-corrected chi connectivity index (χ1v) is 6.64. The summed E-state index contributed by atoms with van der Waals surface area (Å²) in [5.41, 5.74) is -0.325. The monoisotopic (exact) mass is 442 g/mol. The number of fused-ring (bicyclic) bond motifs is 1. The minimum absolute atomic E-state index is 0.128. The number of H-pyrrole nitrogens is 1. The highest BCUT2D eigenvalue weighted by Gasteiger charge is 2.74. The van der Waals surface area contributed by atoms with Gasteiger partial charge in [-0.2, -0.15) is 30.7 Å². The maximum absolute atomic E-state index is 13.5. The van der Waals surface area contributed by atoms with E-state index in [4.69, 9.17) is 0 Å². The van der Waals surface area contributed by atoms with Gasteiger partial charge in [0.15, 0.2) is 5.82 Å². The number of hydrogen-bond acceptors (Lipinski definition) is 1. The lowest BCUT2D eigenvalue weighted by atomic mass is 10.1. The summed E-state index contributed by atoms with van der Waals surface area (Å²) < 4.78 is 89.8. The molecule has 0 saturated heterocycles. The fourth-order valence-electron chi connectivity index (χ4n) is 1.50. The zero-order valence-electron chi connectivity index (χ0n) is 9.50. The van der Waals surface area contributed by atoms with E-state index in [1.165, 1.54) is 12.1 Å². The lowest BCUT2D eigenvalue weighted by Crippen LogP contribution is -2.50. The number of halogens is 9. The van der Waals surface area contributed by atoms with Crippen LogP contribution in [0.5, 0.6) is 0 Å². The molecule has 0 saturated carbocycles. The van der Waals surface area contributed by atoms with Crippen molar-refractivity contribution in [3.63, 3.8) is 0 Å². The normalized spacial score (nSPS) is 14.0. The fraction of sp³-hybridized carbons (Fsp3) is 0.300. The Morgan fingerprint density at radius 2 is 1.43 bits per heavy atom. The molecule has 0 amide bonds. The highest BCUT2D eigenvalue weighted by molar-refractivity contribution is 9.11. The number of nitrogens with zero attached hydrogens (tertiary/aromatic N) is 1. The zero-order chi connectivity index (χ0) is 16.2. The van der Waals surface area contributed by atoms with Crippen LogP contribution in [-0.4, -0.2) is 22.1 Å². The van der Waals surface area contributed by atoms with Crippen LogP contribution in [0.15, 0.2) is 21.1 Å². The second-order valence-corrected chi connectivity index (χ2v) is 5.69. The topological polar surface area (TPSA) is 28.7 Å². The van der Waals surface area contributed by atoms with E-state index < -0.39 is 23.8 Å². The molecule has 11 heteroatoms. The number of aromatic nitrogens is 2. The number of imidazole rings is 1. The van der Waals surface area contributed by atoms with E-state index in [1.807, 2.05) is 0 Å². The van der Waals surface area contributed by atoms with Crippen LogP contribution in [0, 0.1) is 0 Å². The predicted octanol–water partition coefficient (Wildman–Crippen LogP) is 5.38. The molecule has 0 radical (unpaired) electrons. The molecule has 1 N–H and O–H groups in total. The van der Waals surface area contributed by atoms with Crippen LogP contribution >= 0.6 is 31.9 Å². The van der Waals surface area contributed by atoms with Gasteiger partial charge < -0.3 is 4.98 Å². The Kier molecular flexibility index (Phi) is 3.80. The van der Waals surface area contributed by atoms with E-state index in [0.29, 0.717) is 0 Å². The van der Waals surface area contributed by atoms with Crippen molar-refractivity contribution in [3.05, 3.63) is 26.9 Å². The lowest BCUT2D eigenvalue weighted by molar-refractivity contribution is -0.361. The third-order valence-corrected chi connectivity index (χ3v) is 3.89. The number of rotatable bonds is 2. The molecule has 0 aliphatic carbocycles. The Morgan fingerprint density at radius 3 is 1.90 bits per heavy atom. The number of nitrogens with one attached hydrogen (secondary N) is 1. The van der Waals surface area contributed by atoms with Gasteiger partial charge in [0.1, 0.15) is 5.52 Å². The average molecular weight is 444 g/mol. The van der Waals surface area contributed by atoms with Crippen molar-refractivity contribution >= 4 is 42.9 Å². The van der Waals surface area contributed by atoms with Crippen molar-refractivity contribution in [3.8, 4) is 0 Å². The van der Waals surface area contributed by atoms with Crippen LogP contribution in [0.2, 0.25) is 0 Å². The molecule has 1 aromatic heterocycles. The summed E-state index contributed by atoms with van der Waals surface area (Å²) in [7, 11) is 0. The molecule has 0 spiro atoms. The molecule has 0 unspecified atom stereocenters. The van der Waals surface area contributed by atoms with E-state index >= 15 is 0 Å². The fourth-order valence-corrected chi connectivity index (χ4v) is 2.34. The summed E-state index contributed by atoms with van der Waals surface area (Å²) in [6, 6.07) is 2.76. The smallest absolute Gasteiger partial charge is 0.336 e. The van der Waals surface area contributed by atoms with E-state index in [1.54, 1.807) is 4.98 Å². The summed E-state index contributed by atoms with van der Waals surface area (Å²) in [6.07, 6.45) is -6.41. The minimum Gasteiger partial charge on any atom is -0.336 e. The Balaban J connectivity index is 2.66. The summed E-state index contributed by atoms with van der Waals surface area (Å²) in [5.74, 6) is -13.6. The van der Waals surface area contributed by atoms with Gasteiger partial charge in [-0.1, -0.05) is 0 Å². The first-order chi connectivity index (χ1) is 9.39. The Morgan fingerprint density at radius 1 is 0.905 bits per heavy atom. The Hall–Kier alpha value is -0.840. The van der Waals surface area contributed by atoms with Gasteiger partial charge in [0, 0.05) is 8.95 Å². The maximum Gasteiger partial charge on any atom is 0.460 e. The van der Waals surface area contributed by atoms with Crippen LogP contribution in [0.25, 0.3) is 11.0 Å². The third-order valence-electron chi connectivity index (χ3n) is 2.59. The SMILES string of the molecule is FC(F)(F)C(F)(F)C(F)(F)c1nc2c(Br)ccc(Br)c2[nH]1. The second-order valence-electron chi connectivity index (χ2n) is 3.98. The maximum atomic E-state index is 13.5. The number of alkyl halides is 7. The summed E-state index contributed by atoms with van der Waals surface area (Å²) >= 11 is 5.90. The molecule has 2 rings (SSSR count). The molecular formula is C10H3Br2F7N2. The van der Waals surface area contributed by atoms with E-state index in [0.717, 1.165) is 0 Å². The average Bonchev–Trinajstić information content (AvgIpc) is 2.79. The van der Waals surface area contributed by atoms with Crippen molar-refractivity contribution in [1.82, 2.24) is 9.97 Å². The molecule has 0 aliphatic rings. The summed E-state index contributed by atoms with van der Waals surface area (Å²) in [4.78, 5) is 4.97. The first kappa shape index (κ1) is 16.5. The van der Waals surface area contributed by atoms with Gasteiger partial charge in [-0.3, -0.25) is 0 Å². The van der Waals surface area contributed by atoms with Crippen molar-refractivity contribution in [1.29, 1.82) is 0 Å². The van der Waals surface area contributed by atoms with Gasteiger partial charge in [0.25, 0.3) is 0 Å². The molecule has 0 bridgehead atoms. The van der Waals surface area contributed by atoms with Crippen LogP contribution in [0.3, 0.4) is 0 Å². The second kappa shape index (κ2) is 4.83. The number of aromatic amines is 1. The lowest BCUT2D eigenvalue weighted by Gasteiger charge is -2.26. The standard InChI is InChI=1S/C10H3Br2F7N2/c11-3-1-2-4(12)6-5(3)20-7(21-6)8(13,14)9(15,16)10(17,18)19/h1-2H,(H,20,21). The van der Waals surface area contributed by atoms with Gasteiger partial charge in [-0.25, -0.2) is 4.98 Å². The van der Waals surface area contributed by atoms with E-state index in [-0.39, 0.29) is 20.0 Å². The van der Waals surface area contributed by atoms with Gasteiger partial charge >= 0.3 is 18.0 Å². The van der Waals surface area contributed by atoms with Crippen LogP contribution < -0.4 is 0 Å². The third kappa shape index (κ3) is 2.43. The molecule has 1 heterocycles.